The summed E-state index contributed by atoms with van der Waals surface area (Å²) in [6, 6.07) is 1.73. The zero-order chi connectivity index (χ0) is 30.3. The molecule has 3 aliphatic rings. The van der Waals surface area contributed by atoms with Gasteiger partial charge in [-0.3, -0.25) is 14.3 Å². The average Bonchev–Trinajstić information content (AvgIpc) is 3.60. The first kappa shape index (κ1) is 29.5. The zero-order valence-electron chi connectivity index (χ0n) is 26.0. The van der Waals surface area contributed by atoms with Crippen molar-refractivity contribution in [3.63, 3.8) is 0 Å². The molecule has 0 aromatic carbocycles. The highest BCUT2D eigenvalue weighted by atomic mass is 16.5. The summed E-state index contributed by atoms with van der Waals surface area (Å²) < 4.78 is 9.39. The number of carbonyl (C=O) groups excluding carboxylic acids is 2. The van der Waals surface area contributed by atoms with Gasteiger partial charge in [-0.2, -0.15) is 15.2 Å². The molecule has 5 heterocycles. The highest BCUT2D eigenvalue weighted by Gasteiger charge is 2.39. The molecule has 2 aliphatic heterocycles. The van der Waals surface area contributed by atoms with Crippen LogP contribution in [0, 0.1) is 17.8 Å². The Labute approximate surface area is 253 Å². The van der Waals surface area contributed by atoms with Crippen molar-refractivity contribution in [1.82, 2.24) is 40.0 Å². The fourth-order valence-electron chi connectivity index (χ4n) is 7.12. The van der Waals surface area contributed by atoms with Crippen molar-refractivity contribution in [2.75, 3.05) is 31.1 Å². The number of hydrogen-bond donors (Lipinski definition) is 2. The minimum atomic E-state index is -0.322. The second kappa shape index (κ2) is 11.9. The number of morpholine rings is 1. The monoisotopic (exact) mass is 591 g/mol. The van der Waals surface area contributed by atoms with Crippen LogP contribution in [0.4, 0.5) is 5.82 Å². The van der Waals surface area contributed by atoms with Crippen molar-refractivity contribution in [3.05, 3.63) is 35.5 Å². The van der Waals surface area contributed by atoms with E-state index in [1.54, 1.807) is 28.5 Å². The Hall–Kier alpha value is -3.54. The molecule has 2 amide bonds. The molecule has 232 valence electrons. The quantitative estimate of drug-likeness (QED) is 0.429. The van der Waals surface area contributed by atoms with Gasteiger partial charge in [-0.15, -0.1) is 0 Å². The number of nitrogens with zero attached hydrogens (tertiary/aromatic N) is 7. The Kier molecular flexibility index (Phi) is 8.14. The number of anilines is 1. The minimum Gasteiger partial charge on any atom is -0.372 e. The largest absolute Gasteiger partial charge is 0.372 e. The van der Waals surface area contributed by atoms with E-state index in [1.165, 1.54) is 0 Å². The number of carbonyl (C=O) groups is 2. The molecule has 3 aromatic rings. The van der Waals surface area contributed by atoms with E-state index in [0.29, 0.717) is 55.9 Å². The van der Waals surface area contributed by atoms with Crippen LogP contribution in [0.5, 0.6) is 0 Å². The third-order valence-electron chi connectivity index (χ3n) is 9.62. The lowest BCUT2D eigenvalue weighted by Gasteiger charge is -2.38. The maximum absolute atomic E-state index is 13.1. The number of aryl methyl sites for hydroxylation is 1. The molecular formula is C31H45N9O3. The van der Waals surface area contributed by atoms with Crippen LogP contribution in [0.25, 0.3) is 5.78 Å². The number of fused-ring (bicyclic) bond motifs is 1. The van der Waals surface area contributed by atoms with E-state index >= 15 is 0 Å². The third-order valence-corrected chi connectivity index (χ3v) is 9.62. The van der Waals surface area contributed by atoms with Crippen molar-refractivity contribution >= 4 is 23.4 Å². The van der Waals surface area contributed by atoms with Crippen LogP contribution in [0.15, 0.2) is 18.5 Å². The number of aromatic nitrogens is 6. The van der Waals surface area contributed by atoms with Crippen molar-refractivity contribution in [2.24, 2.45) is 24.8 Å². The van der Waals surface area contributed by atoms with Crippen LogP contribution in [-0.4, -0.2) is 79.6 Å². The van der Waals surface area contributed by atoms with Crippen LogP contribution >= 0.6 is 0 Å². The van der Waals surface area contributed by atoms with E-state index in [1.807, 2.05) is 6.20 Å². The molecule has 1 saturated carbocycles. The molecule has 0 radical (unpaired) electrons. The molecule has 3 fully saturated rings. The van der Waals surface area contributed by atoms with E-state index in [-0.39, 0.29) is 35.4 Å². The Morgan fingerprint density at radius 3 is 2.56 bits per heavy atom. The van der Waals surface area contributed by atoms with Crippen LogP contribution in [0.2, 0.25) is 0 Å². The fraction of sp³-hybridized carbons (Fsp3) is 0.677. The molecule has 3 aromatic heterocycles. The van der Waals surface area contributed by atoms with Gasteiger partial charge >= 0.3 is 0 Å². The van der Waals surface area contributed by atoms with Gasteiger partial charge in [-0.1, -0.05) is 13.8 Å². The van der Waals surface area contributed by atoms with Gasteiger partial charge in [0.25, 0.3) is 11.7 Å². The van der Waals surface area contributed by atoms with Gasteiger partial charge < -0.3 is 20.3 Å². The van der Waals surface area contributed by atoms with Gasteiger partial charge in [0.15, 0.2) is 5.82 Å². The van der Waals surface area contributed by atoms with Crippen LogP contribution in [-0.2, 0) is 28.4 Å². The summed E-state index contributed by atoms with van der Waals surface area (Å²) in [5.41, 5.74) is 1.92. The van der Waals surface area contributed by atoms with E-state index in [4.69, 9.17) is 19.8 Å². The SMILES string of the molecule is CC1CCC(CNC(=O)c2ccnn2C)(c2cn3nc(C[C@H]4C[C@H](C)CNC4=O)c(N4C[C@@H](C)O[C@H](C)C4)nc3n2)CC1. The minimum absolute atomic E-state index is 0.0541. The number of ether oxygens (including phenoxy) is 1. The maximum Gasteiger partial charge on any atom is 0.269 e. The summed E-state index contributed by atoms with van der Waals surface area (Å²) in [6.07, 6.45) is 9.04. The average molecular weight is 592 g/mol. The molecule has 2 saturated heterocycles. The van der Waals surface area contributed by atoms with E-state index < -0.39 is 0 Å². The van der Waals surface area contributed by atoms with Crippen LogP contribution in [0.1, 0.15) is 81.7 Å². The molecule has 0 bridgehead atoms. The molecule has 0 spiro atoms. The van der Waals surface area contributed by atoms with E-state index in [2.05, 4.69) is 48.3 Å². The first-order valence-corrected chi connectivity index (χ1v) is 15.8. The third kappa shape index (κ3) is 6.11. The number of rotatable bonds is 7. The molecule has 6 rings (SSSR count). The number of amides is 2. The summed E-state index contributed by atoms with van der Waals surface area (Å²) in [5.74, 6) is 2.16. The zero-order valence-corrected chi connectivity index (χ0v) is 26.0. The fourth-order valence-corrected chi connectivity index (χ4v) is 7.12. The van der Waals surface area contributed by atoms with E-state index in [9.17, 15) is 9.59 Å². The molecule has 4 atom stereocenters. The molecule has 12 heteroatoms. The molecule has 12 nitrogen and oxygen atoms in total. The second-order valence-electron chi connectivity index (χ2n) is 13.4. The lowest BCUT2D eigenvalue weighted by atomic mass is 9.69. The highest BCUT2D eigenvalue weighted by Crippen LogP contribution is 2.41. The van der Waals surface area contributed by atoms with Gasteiger partial charge in [0.2, 0.25) is 5.91 Å². The lowest BCUT2D eigenvalue weighted by Crippen LogP contribution is -2.47. The smallest absolute Gasteiger partial charge is 0.269 e. The summed E-state index contributed by atoms with van der Waals surface area (Å²) in [5, 5.41) is 15.5. The Morgan fingerprint density at radius 1 is 1.12 bits per heavy atom. The number of nitrogens with one attached hydrogen (secondary N) is 2. The Bertz CT molecular complexity index is 1460. The van der Waals surface area contributed by atoms with Crippen molar-refractivity contribution in [2.45, 2.75) is 83.8 Å². The Balaban J connectivity index is 1.36. The van der Waals surface area contributed by atoms with E-state index in [0.717, 1.165) is 49.3 Å². The van der Waals surface area contributed by atoms with Crippen molar-refractivity contribution in [1.29, 1.82) is 0 Å². The molecule has 2 N–H and O–H groups in total. The maximum atomic E-state index is 13.1. The summed E-state index contributed by atoms with van der Waals surface area (Å²) >= 11 is 0. The van der Waals surface area contributed by atoms with Gasteiger partial charge in [-0.25, -0.2) is 9.50 Å². The van der Waals surface area contributed by atoms with Gasteiger partial charge in [0.1, 0.15) is 11.4 Å². The normalized spacial score (nSPS) is 29.9. The molecule has 1 aliphatic carbocycles. The highest BCUT2D eigenvalue weighted by molar-refractivity contribution is 5.92. The number of imidazole rings is 1. The lowest BCUT2D eigenvalue weighted by molar-refractivity contribution is -0.127. The van der Waals surface area contributed by atoms with Crippen molar-refractivity contribution < 1.29 is 14.3 Å². The topological polar surface area (TPSA) is 132 Å². The van der Waals surface area contributed by atoms with Gasteiger partial charge in [0, 0.05) is 57.2 Å². The first-order valence-electron chi connectivity index (χ1n) is 15.8. The molecule has 0 unspecified atom stereocenters. The number of piperidine rings is 1. The first-order chi connectivity index (χ1) is 20.6. The summed E-state index contributed by atoms with van der Waals surface area (Å²) in [4.78, 5) is 38.4. The molecule has 43 heavy (non-hydrogen) atoms. The summed E-state index contributed by atoms with van der Waals surface area (Å²) in [7, 11) is 1.77. The van der Waals surface area contributed by atoms with Gasteiger partial charge in [-0.05, 0) is 63.9 Å². The van der Waals surface area contributed by atoms with Crippen LogP contribution < -0.4 is 15.5 Å². The Morgan fingerprint density at radius 2 is 1.86 bits per heavy atom. The number of hydrogen-bond acceptors (Lipinski definition) is 8. The van der Waals surface area contributed by atoms with Crippen molar-refractivity contribution in [3.8, 4) is 0 Å². The van der Waals surface area contributed by atoms with Gasteiger partial charge in [0.05, 0.1) is 24.1 Å². The predicted molar refractivity (Wildman–Crippen MR) is 162 cm³/mol. The standard InChI is InChI=1S/C31H45N9O3/c1-19-6-9-31(10-7-19,18-33-29(42)25-8-11-34-38(25)5)26-17-40-30(35-26)36-27(39-15-21(3)43-22(4)16-39)24(37-40)13-23-12-20(2)14-32-28(23)41/h8,11,17,19-23H,6-7,9-10,12-16,18H2,1-5H3,(H,32,41)(H,33,42)/t19?,20-,21+,22+,23+,31?/m0/s1. The summed E-state index contributed by atoms with van der Waals surface area (Å²) in [6.45, 7) is 11.2. The van der Waals surface area contributed by atoms with Crippen LogP contribution in [0.3, 0.4) is 0 Å². The molecular weight excluding hydrogens is 546 g/mol. The predicted octanol–water partition coefficient (Wildman–Crippen LogP) is 2.66. The second-order valence-corrected chi connectivity index (χ2v) is 13.4.